The molecule has 4 aromatic rings. The smallest absolute Gasteiger partial charge is 0.416 e. The van der Waals surface area contributed by atoms with Gasteiger partial charge in [-0.05, 0) is 51.5 Å². The Morgan fingerprint density at radius 1 is 1.00 bits per heavy atom. The van der Waals surface area contributed by atoms with E-state index in [2.05, 4.69) is 20.8 Å². The second-order valence-electron chi connectivity index (χ2n) is 6.37. The van der Waals surface area contributed by atoms with E-state index in [9.17, 15) is 13.2 Å². The third-order valence-corrected chi connectivity index (χ3v) is 4.47. The average Bonchev–Trinajstić information content (AvgIpc) is 3.21. The predicted octanol–water partition coefficient (Wildman–Crippen LogP) is 4.93. The van der Waals surface area contributed by atoms with Gasteiger partial charge in [-0.2, -0.15) is 17.9 Å². The average molecular weight is 411 g/mol. The van der Waals surface area contributed by atoms with Gasteiger partial charge in [0.1, 0.15) is 5.75 Å². The molecule has 0 unspecified atom stereocenters. The topological polar surface area (TPSA) is 64.9 Å². The lowest BCUT2D eigenvalue weighted by molar-refractivity contribution is -0.137. The number of alkyl halides is 3. The lowest BCUT2D eigenvalue weighted by atomic mass is 10.1. The van der Waals surface area contributed by atoms with E-state index < -0.39 is 11.7 Å². The molecule has 0 aliphatic heterocycles. The number of halogens is 3. The Bertz CT molecular complexity index is 1220. The van der Waals surface area contributed by atoms with E-state index in [4.69, 9.17) is 4.74 Å². The first-order chi connectivity index (χ1) is 14.5. The Morgan fingerprint density at radius 2 is 1.80 bits per heavy atom. The van der Waals surface area contributed by atoms with Crippen LogP contribution in [-0.2, 0) is 6.18 Å². The highest BCUT2D eigenvalue weighted by atomic mass is 19.4. The van der Waals surface area contributed by atoms with Crippen LogP contribution in [0.2, 0.25) is 0 Å². The summed E-state index contributed by atoms with van der Waals surface area (Å²) in [5.74, 6) is 0.686. The minimum absolute atomic E-state index is 0.174. The summed E-state index contributed by atoms with van der Waals surface area (Å²) in [5, 5.41) is 16.6. The zero-order chi connectivity index (χ0) is 21.1. The second-order valence-corrected chi connectivity index (χ2v) is 6.37. The van der Waals surface area contributed by atoms with E-state index in [1.165, 1.54) is 24.1 Å². The third kappa shape index (κ3) is 3.95. The number of methoxy groups -OCH3 is 1. The fourth-order valence-electron chi connectivity index (χ4n) is 2.99. The summed E-state index contributed by atoms with van der Waals surface area (Å²) < 4.78 is 45.6. The number of nitrogens with one attached hydrogen (secondary N) is 1. The second kappa shape index (κ2) is 7.86. The lowest BCUT2D eigenvalue weighted by Gasteiger charge is -2.12. The van der Waals surface area contributed by atoms with Gasteiger partial charge in [0.15, 0.2) is 5.82 Å². The number of fused-ring (bicyclic) bond motifs is 1. The Labute approximate surface area is 169 Å². The maximum Gasteiger partial charge on any atom is 0.416 e. The van der Waals surface area contributed by atoms with Crippen molar-refractivity contribution in [3.8, 4) is 11.4 Å². The van der Waals surface area contributed by atoms with Crippen molar-refractivity contribution in [1.82, 2.24) is 20.2 Å². The number of hydrogen-bond donors (Lipinski definition) is 1. The molecule has 4 rings (SSSR count). The van der Waals surface area contributed by atoms with E-state index in [1.807, 2.05) is 42.5 Å². The van der Waals surface area contributed by atoms with Crippen LogP contribution in [0.3, 0.4) is 0 Å². The van der Waals surface area contributed by atoms with Gasteiger partial charge in [0, 0.05) is 12.3 Å². The van der Waals surface area contributed by atoms with Crippen molar-refractivity contribution < 1.29 is 17.9 Å². The molecule has 6 nitrogen and oxygen atoms in total. The van der Waals surface area contributed by atoms with Crippen molar-refractivity contribution in [2.24, 2.45) is 0 Å². The normalized spacial score (nSPS) is 11.9. The van der Waals surface area contributed by atoms with Crippen LogP contribution < -0.4 is 10.1 Å². The first kappa shape index (κ1) is 19.4. The predicted molar refractivity (Wildman–Crippen MR) is 107 cm³/mol. The minimum Gasteiger partial charge on any atom is -0.495 e. The molecule has 0 fully saturated rings. The monoisotopic (exact) mass is 411 g/mol. The highest BCUT2D eigenvalue weighted by molar-refractivity contribution is 5.84. The summed E-state index contributed by atoms with van der Waals surface area (Å²) >= 11 is 0. The maximum absolute atomic E-state index is 13.0. The zero-order valence-electron chi connectivity index (χ0n) is 15.8. The summed E-state index contributed by atoms with van der Waals surface area (Å²) in [7, 11) is 1.39. The molecule has 1 heterocycles. The molecule has 3 aromatic carbocycles. The Balaban J connectivity index is 1.60. The van der Waals surface area contributed by atoms with Crippen LogP contribution in [0.1, 0.15) is 11.4 Å². The number of rotatable bonds is 5. The summed E-state index contributed by atoms with van der Waals surface area (Å²) in [6.07, 6.45) is -1.43. The van der Waals surface area contributed by atoms with Crippen LogP contribution in [0.4, 0.5) is 18.9 Å². The first-order valence-electron chi connectivity index (χ1n) is 8.91. The van der Waals surface area contributed by atoms with Crippen molar-refractivity contribution in [2.45, 2.75) is 6.18 Å². The van der Waals surface area contributed by atoms with Gasteiger partial charge >= 0.3 is 6.18 Å². The van der Waals surface area contributed by atoms with Gasteiger partial charge in [0.05, 0.1) is 24.0 Å². The number of nitrogens with zero attached hydrogens (tertiary/aromatic N) is 4. The molecule has 0 saturated heterocycles. The van der Waals surface area contributed by atoms with Crippen LogP contribution in [0.25, 0.3) is 22.5 Å². The van der Waals surface area contributed by atoms with Crippen LogP contribution in [0, 0.1) is 0 Å². The summed E-state index contributed by atoms with van der Waals surface area (Å²) in [4.78, 5) is 0. The quantitative estimate of drug-likeness (QED) is 0.505. The van der Waals surface area contributed by atoms with E-state index in [0.717, 1.165) is 28.6 Å². The SMILES string of the molecule is COc1ccc(C(F)(F)F)cc1N/C=C\c1nnnn1-c1ccc2ccccc2c1. The van der Waals surface area contributed by atoms with E-state index >= 15 is 0 Å². The maximum atomic E-state index is 13.0. The highest BCUT2D eigenvalue weighted by Crippen LogP contribution is 2.35. The molecule has 0 aliphatic carbocycles. The van der Waals surface area contributed by atoms with Gasteiger partial charge in [-0.1, -0.05) is 30.3 Å². The van der Waals surface area contributed by atoms with Crippen molar-refractivity contribution in [3.05, 3.63) is 78.3 Å². The minimum atomic E-state index is -4.45. The van der Waals surface area contributed by atoms with Crippen LogP contribution in [0.15, 0.2) is 66.9 Å². The molecular weight excluding hydrogens is 395 g/mol. The molecule has 0 amide bonds. The third-order valence-electron chi connectivity index (χ3n) is 4.47. The summed E-state index contributed by atoms with van der Waals surface area (Å²) in [6.45, 7) is 0. The number of benzene rings is 3. The van der Waals surface area contributed by atoms with E-state index in [1.54, 1.807) is 6.08 Å². The van der Waals surface area contributed by atoms with E-state index in [0.29, 0.717) is 5.82 Å². The van der Waals surface area contributed by atoms with Crippen molar-refractivity contribution in [3.63, 3.8) is 0 Å². The van der Waals surface area contributed by atoms with Crippen molar-refractivity contribution in [1.29, 1.82) is 0 Å². The molecule has 0 bridgehead atoms. The van der Waals surface area contributed by atoms with Gasteiger partial charge in [0.2, 0.25) is 0 Å². The van der Waals surface area contributed by atoms with E-state index in [-0.39, 0.29) is 11.4 Å². The van der Waals surface area contributed by atoms with Gasteiger partial charge in [-0.15, -0.1) is 5.10 Å². The molecule has 152 valence electrons. The van der Waals surface area contributed by atoms with Crippen LogP contribution in [-0.4, -0.2) is 27.3 Å². The summed E-state index contributed by atoms with van der Waals surface area (Å²) in [6, 6.07) is 16.9. The molecule has 0 saturated carbocycles. The number of anilines is 1. The largest absolute Gasteiger partial charge is 0.495 e. The summed E-state index contributed by atoms with van der Waals surface area (Å²) in [5.41, 5.74) is 0.156. The van der Waals surface area contributed by atoms with Gasteiger partial charge in [-0.25, -0.2) is 0 Å². The van der Waals surface area contributed by atoms with Crippen LogP contribution in [0.5, 0.6) is 5.75 Å². The Hall–Kier alpha value is -3.88. The van der Waals surface area contributed by atoms with Gasteiger partial charge < -0.3 is 10.1 Å². The van der Waals surface area contributed by atoms with Crippen molar-refractivity contribution in [2.75, 3.05) is 12.4 Å². The van der Waals surface area contributed by atoms with Gasteiger partial charge in [0.25, 0.3) is 0 Å². The van der Waals surface area contributed by atoms with Gasteiger partial charge in [-0.3, -0.25) is 0 Å². The molecule has 1 N–H and O–H groups in total. The number of aromatic nitrogens is 4. The molecule has 0 spiro atoms. The van der Waals surface area contributed by atoms with Crippen LogP contribution >= 0.6 is 0 Å². The molecule has 0 aliphatic rings. The standard InChI is InChI=1S/C21H16F3N5O/c1-30-19-9-7-16(21(22,23)24)13-18(19)25-11-10-20-26-27-28-29(20)17-8-6-14-4-2-3-5-15(14)12-17/h2-13,25H,1H3/b11-10-. The molecule has 0 radical (unpaired) electrons. The fourth-order valence-corrected chi connectivity index (χ4v) is 2.99. The van der Waals surface area contributed by atoms with Crippen molar-refractivity contribution >= 4 is 22.5 Å². The highest BCUT2D eigenvalue weighted by Gasteiger charge is 2.31. The number of tetrazole rings is 1. The Morgan fingerprint density at radius 3 is 2.57 bits per heavy atom. The first-order valence-corrected chi connectivity index (χ1v) is 8.91. The molecule has 30 heavy (non-hydrogen) atoms. The molecule has 9 heteroatoms. The molecular formula is C21H16F3N5O. The molecule has 1 aromatic heterocycles. The lowest BCUT2D eigenvalue weighted by Crippen LogP contribution is -2.06. The number of hydrogen-bond acceptors (Lipinski definition) is 5. The Kier molecular flexibility index (Phi) is 5.09. The fraction of sp³-hybridized carbons (Fsp3) is 0.0952. The zero-order valence-corrected chi connectivity index (χ0v) is 15.8. The molecule has 0 atom stereocenters. The number of ether oxygens (including phenoxy) is 1.